The number of nitrogens with zero attached hydrogens (tertiary/aromatic N) is 3. The molecule has 0 unspecified atom stereocenters. The Balaban J connectivity index is 1.58. The summed E-state index contributed by atoms with van der Waals surface area (Å²) < 4.78 is 50.2. The maximum atomic E-state index is 14.4. The summed E-state index contributed by atoms with van der Waals surface area (Å²) in [4.78, 5) is 12.9. The fourth-order valence-corrected chi connectivity index (χ4v) is 6.36. The lowest BCUT2D eigenvalue weighted by Gasteiger charge is -2.24. The van der Waals surface area contributed by atoms with Crippen LogP contribution in [0.3, 0.4) is 0 Å². The van der Waals surface area contributed by atoms with E-state index in [2.05, 4.69) is 26.5 Å². The predicted molar refractivity (Wildman–Crippen MR) is 157 cm³/mol. The fraction of sp³-hybridized carbons (Fsp3) is 0.172. The molecule has 1 heterocycles. The van der Waals surface area contributed by atoms with Gasteiger partial charge in [0.1, 0.15) is 18.1 Å². The average Bonchev–Trinajstić information content (AvgIpc) is 3.20. The highest BCUT2D eigenvalue weighted by atomic mass is 79.9. The van der Waals surface area contributed by atoms with Gasteiger partial charge in [-0.1, -0.05) is 29.8 Å². The number of hydrazone groups is 1. The number of benzene rings is 3. The second-order valence-corrected chi connectivity index (χ2v) is 11.8. The summed E-state index contributed by atoms with van der Waals surface area (Å²) in [5, 5.41) is 4.05. The number of ether oxygens (including phenoxy) is 1. The van der Waals surface area contributed by atoms with E-state index < -0.39 is 22.5 Å². The minimum Gasteiger partial charge on any atom is -0.496 e. The molecule has 3 aromatic carbocycles. The molecular weight excluding hydrogens is 599 g/mol. The maximum Gasteiger partial charge on any atom is 0.264 e. The third-order valence-electron chi connectivity index (χ3n) is 6.28. The molecule has 0 saturated heterocycles. The molecule has 0 aliphatic heterocycles. The first kappa shape index (κ1) is 29.0. The van der Waals surface area contributed by atoms with Crippen molar-refractivity contribution in [3.63, 3.8) is 0 Å². The number of rotatable bonds is 9. The Bertz CT molecular complexity index is 1680. The van der Waals surface area contributed by atoms with Gasteiger partial charge < -0.3 is 9.30 Å². The van der Waals surface area contributed by atoms with E-state index in [-0.39, 0.29) is 10.7 Å². The summed E-state index contributed by atoms with van der Waals surface area (Å²) in [6, 6.07) is 19.5. The third-order valence-corrected chi connectivity index (χ3v) is 8.67. The number of nitrogens with one attached hydrogen (secondary N) is 1. The lowest BCUT2D eigenvalue weighted by atomic mass is 10.2. The van der Waals surface area contributed by atoms with Gasteiger partial charge in [-0.25, -0.2) is 18.2 Å². The standard InChI is InChI=1S/C29H28BrFN4O4S/c1-19-9-11-23(12-10-19)34(40(37,38)24-13-14-28(39-4)25(30)16-24)18-29(36)33-32-17-22-15-20(2)35(21(22)3)27-8-6-5-7-26(27)31/h5-17H,18H2,1-4H3,(H,33,36)/b32-17+. The van der Waals surface area contributed by atoms with Crippen LogP contribution in [0.2, 0.25) is 0 Å². The Morgan fingerprint density at radius 3 is 2.42 bits per heavy atom. The number of sulfonamides is 1. The van der Waals surface area contributed by atoms with Gasteiger partial charge in [0.05, 0.1) is 34.1 Å². The summed E-state index contributed by atoms with van der Waals surface area (Å²) in [5.74, 6) is -0.527. The Hall–Kier alpha value is -3.96. The summed E-state index contributed by atoms with van der Waals surface area (Å²) in [6.07, 6.45) is 1.45. The van der Waals surface area contributed by atoms with Crippen LogP contribution in [-0.4, -0.2) is 38.8 Å². The van der Waals surface area contributed by atoms with Crippen molar-refractivity contribution in [1.82, 2.24) is 9.99 Å². The van der Waals surface area contributed by atoms with E-state index in [0.29, 0.717) is 27.2 Å². The Morgan fingerprint density at radius 2 is 1.77 bits per heavy atom. The van der Waals surface area contributed by atoms with Crippen LogP contribution >= 0.6 is 15.9 Å². The molecule has 1 amide bonds. The van der Waals surface area contributed by atoms with E-state index >= 15 is 0 Å². The Kier molecular flexibility index (Phi) is 8.75. The van der Waals surface area contributed by atoms with E-state index in [0.717, 1.165) is 21.3 Å². The van der Waals surface area contributed by atoms with Gasteiger partial charge >= 0.3 is 0 Å². The molecule has 0 saturated carbocycles. The lowest BCUT2D eigenvalue weighted by Crippen LogP contribution is -2.39. The maximum absolute atomic E-state index is 14.4. The second-order valence-electron chi connectivity index (χ2n) is 9.05. The SMILES string of the molecule is COc1ccc(S(=O)(=O)N(CC(=O)N/N=C/c2cc(C)n(-c3ccccc3F)c2C)c2ccc(C)cc2)cc1Br. The monoisotopic (exact) mass is 626 g/mol. The largest absolute Gasteiger partial charge is 0.496 e. The Labute approximate surface area is 241 Å². The predicted octanol–water partition coefficient (Wildman–Crippen LogP) is 5.66. The summed E-state index contributed by atoms with van der Waals surface area (Å²) >= 11 is 3.32. The molecule has 1 aromatic heterocycles. The van der Waals surface area contributed by atoms with Gasteiger partial charge in [0.15, 0.2) is 0 Å². The van der Waals surface area contributed by atoms with E-state index in [1.165, 1.54) is 37.6 Å². The quantitative estimate of drug-likeness (QED) is 0.192. The topological polar surface area (TPSA) is 93.0 Å². The highest BCUT2D eigenvalue weighted by Crippen LogP contribution is 2.31. The molecule has 11 heteroatoms. The summed E-state index contributed by atoms with van der Waals surface area (Å²) in [7, 11) is -2.65. The first-order valence-corrected chi connectivity index (χ1v) is 14.4. The van der Waals surface area contributed by atoms with Crippen molar-refractivity contribution >= 4 is 43.8 Å². The van der Waals surface area contributed by atoms with Crippen molar-refractivity contribution in [2.75, 3.05) is 18.0 Å². The van der Waals surface area contributed by atoms with Crippen molar-refractivity contribution in [3.8, 4) is 11.4 Å². The first-order chi connectivity index (χ1) is 19.0. The van der Waals surface area contributed by atoms with Crippen LogP contribution in [0.15, 0.2) is 87.3 Å². The van der Waals surface area contributed by atoms with Crippen LogP contribution < -0.4 is 14.5 Å². The van der Waals surface area contributed by atoms with Gasteiger partial charge in [0, 0.05) is 17.0 Å². The average molecular weight is 628 g/mol. The van der Waals surface area contributed by atoms with Crippen LogP contribution in [0.4, 0.5) is 10.1 Å². The van der Waals surface area contributed by atoms with Crippen molar-refractivity contribution in [1.29, 1.82) is 0 Å². The van der Waals surface area contributed by atoms with Gasteiger partial charge in [0.2, 0.25) is 0 Å². The molecule has 0 bridgehead atoms. The third kappa shape index (κ3) is 6.10. The number of aromatic nitrogens is 1. The molecule has 0 aliphatic rings. The number of halogens is 2. The number of methoxy groups -OCH3 is 1. The number of carbonyl (C=O) groups excluding carboxylic acids is 1. The van der Waals surface area contributed by atoms with Crippen molar-refractivity contribution in [2.45, 2.75) is 25.7 Å². The Morgan fingerprint density at radius 1 is 1.07 bits per heavy atom. The molecule has 0 fully saturated rings. The van der Waals surface area contributed by atoms with Crippen molar-refractivity contribution in [2.24, 2.45) is 5.10 Å². The van der Waals surface area contributed by atoms with E-state index in [1.54, 1.807) is 47.0 Å². The van der Waals surface area contributed by atoms with Crippen molar-refractivity contribution < 1.29 is 22.3 Å². The zero-order chi connectivity index (χ0) is 29.0. The van der Waals surface area contributed by atoms with Crippen molar-refractivity contribution in [3.05, 3.63) is 106 Å². The van der Waals surface area contributed by atoms with Gasteiger partial charge in [-0.3, -0.25) is 9.10 Å². The number of para-hydroxylation sites is 1. The highest BCUT2D eigenvalue weighted by Gasteiger charge is 2.28. The zero-order valence-corrected chi connectivity index (χ0v) is 24.8. The number of hydrogen-bond acceptors (Lipinski definition) is 5. The molecular formula is C29H28BrFN4O4S. The molecule has 0 atom stereocenters. The smallest absolute Gasteiger partial charge is 0.264 e. The first-order valence-electron chi connectivity index (χ1n) is 12.2. The highest BCUT2D eigenvalue weighted by molar-refractivity contribution is 9.10. The van der Waals surface area contributed by atoms with Gasteiger partial charge in [0.25, 0.3) is 15.9 Å². The number of aryl methyl sites for hydroxylation is 2. The van der Waals surface area contributed by atoms with Crippen LogP contribution in [-0.2, 0) is 14.8 Å². The van der Waals surface area contributed by atoms with Crippen LogP contribution in [0.25, 0.3) is 5.69 Å². The number of hydrogen-bond donors (Lipinski definition) is 1. The number of anilines is 1. The van der Waals surface area contributed by atoms with E-state index in [1.807, 2.05) is 26.8 Å². The molecule has 208 valence electrons. The number of carbonyl (C=O) groups is 1. The van der Waals surface area contributed by atoms with Crippen LogP contribution in [0, 0.1) is 26.6 Å². The molecule has 8 nitrogen and oxygen atoms in total. The van der Waals surface area contributed by atoms with Crippen LogP contribution in [0.1, 0.15) is 22.5 Å². The van der Waals surface area contributed by atoms with E-state index in [4.69, 9.17) is 4.74 Å². The molecule has 0 spiro atoms. The lowest BCUT2D eigenvalue weighted by molar-refractivity contribution is -0.119. The normalized spacial score (nSPS) is 11.6. The minimum atomic E-state index is -4.13. The summed E-state index contributed by atoms with van der Waals surface area (Å²) in [6.45, 7) is 5.03. The molecule has 0 aliphatic carbocycles. The van der Waals surface area contributed by atoms with Gasteiger partial charge in [-0.15, -0.1) is 0 Å². The molecule has 40 heavy (non-hydrogen) atoms. The second kappa shape index (κ2) is 12.1. The van der Waals surface area contributed by atoms with E-state index in [9.17, 15) is 17.6 Å². The fourth-order valence-electron chi connectivity index (χ4n) is 4.22. The number of amides is 1. The van der Waals surface area contributed by atoms with Crippen LogP contribution in [0.5, 0.6) is 5.75 Å². The van der Waals surface area contributed by atoms with Gasteiger partial charge in [-0.2, -0.15) is 5.10 Å². The molecule has 1 N–H and O–H groups in total. The van der Waals surface area contributed by atoms with Gasteiger partial charge in [-0.05, 0) is 85.2 Å². The summed E-state index contributed by atoms with van der Waals surface area (Å²) in [5.41, 5.74) is 6.28. The molecule has 4 aromatic rings. The minimum absolute atomic E-state index is 0.0161. The molecule has 0 radical (unpaired) electrons. The zero-order valence-electron chi connectivity index (χ0n) is 22.4. The molecule has 4 rings (SSSR count).